The lowest BCUT2D eigenvalue weighted by atomic mass is 10.1. The Kier molecular flexibility index (Phi) is 3.16. The molecule has 2 N–H and O–H groups in total. The van der Waals surface area contributed by atoms with Gasteiger partial charge in [0.1, 0.15) is 5.82 Å². The van der Waals surface area contributed by atoms with Crippen molar-refractivity contribution in [1.82, 2.24) is 15.3 Å². The van der Waals surface area contributed by atoms with Crippen LogP contribution in [0.1, 0.15) is 43.7 Å². The summed E-state index contributed by atoms with van der Waals surface area (Å²) in [5.41, 5.74) is 0.872. The van der Waals surface area contributed by atoms with E-state index in [0.29, 0.717) is 0 Å². The fourth-order valence-electron chi connectivity index (χ4n) is 2.00. The maximum Gasteiger partial charge on any atom is 0.251 e. The van der Waals surface area contributed by atoms with Crippen LogP contribution in [0.25, 0.3) is 0 Å². The van der Waals surface area contributed by atoms with Gasteiger partial charge < -0.3 is 10.3 Å². The van der Waals surface area contributed by atoms with Crippen molar-refractivity contribution in [2.45, 2.75) is 38.6 Å². The number of hydrogen-bond acceptors (Lipinski definition) is 3. The van der Waals surface area contributed by atoms with Gasteiger partial charge in [-0.2, -0.15) is 0 Å². The van der Waals surface area contributed by atoms with Crippen LogP contribution >= 0.6 is 0 Å². The summed E-state index contributed by atoms with van der Waals surface area (Å²) in [6, 6.07) is 1.89. The Morgan fingerprint density at radius 2 is 2.47 bits per heavy atom. The zero-order chi connectivity index (χ0) is 10.7. The first-order valence-electron chi connectivity index (χ1n) is 5.63. The van der Waals surface area contributed by atoms with E-state index in [1.54, 1.807) is 6.07 Å². The van der Waals surface area contributed by atoms with Gasteiger partial charge in [-0.15, -0.1) is 0 Å². The highest BCUT2D eigenvalue weighted by molar-refractivity contribution is 5.09. The van der Waals surface area contributed by atoms with Gasteiger partial charge in [0.2, 0.25) is 0 Å². The van der Waals surface area contributed by atoms with E-state index >= 15 is 0 Å². The van der Waals surface area contributed by atoms with E-state index in [-0.39, 0.29) is 11.6 Å². The maximum absolute atomic E-state index is 11.4. The predicted octanol–water partition coefficient (Wildman–Crippen LogP) is 1.15. The van der Waals surface area contributed by atoms with Gasteiger partial charge in [-0.25, -0.2) is 4.98 Å². The zero-order valence-electron chi connectivity index (χ0n) is 9.05. The summed E-state index contributed by atoms with van der Waals surface area (Å²) in [5, 5.41) is 3.35. The Bertz CT molecular complexity index is 380. The number of rotatable bonds is 3. The predicted molar refractivity (Wildman–Crippen MR) is 58.8 cm³/mol. The molecular formula is C11H17N3O. The average Bonchev–Trinajstić information content (AvgIpc) is 2.70. The lowest BCUT2D eigenvalue weighted by molar-refractivity contribution is 0.616. The van der Waals surface area contributed by atoms with Crippen molar-refractivity contribution < 1.29 is 0 Å². The van der Waals surface area contributed by atoms with Crippen molar-refractivity contribution in [3.63, 3.8) is 0 Å². The number of nitrogens with one attached hydrogen (secondary N) is 2. The molecule has 82 valence electrons. The van der Waals surface area contributed by atoms with Gasteiger partial charge in [0.15, 0.2) is 0 Å². The molecule has 0 amide bonds. The first-order valence-corrected chi connectivity index (χ1v) is 5.63. The third-order valence-electron chi connectivity index (χ3n) is 2.71. The monoisotopic (exact) mass is 207 g/mol. The summed E-state index contributed by atoms with van der Waals surface area (Å²) >= 11 is 0. The van der Waals surface area contributed by atoms with Crippen LogP contribution in [0, 0.1) is 0 Å². The van der Waals surface area contributed by atoms with Crippen LogP contribution in [0.4, 0.5) is 0 Å². The standard InChI is InChI=1S/C11H17N3O/c1-2-4-10-13-9(7-11(15)14-10)8-5-3-6-12-8/h7-8,12H,2-6H2,1H3,(H,13,14,15). The highest BCUT2D eigenvalue weighted by atomic mass is 16.1. The highest BCUT2D eigenvalue weighted by Crippen LogP contribution is 2.19. The van der Waals surface area contributed by atoms with Crippen molar-refractivity contribution in [2.24, 2.45) is 0 Å². The molecule has 4 nitrogen and oxygen atoms in total. The molecule has 0 aromatic carbocycles. The van der Waals surface area contributed by atoms with Gasteiger partial charge in [0, 0.05) is 18.5 Å². The minimum atomic E-state index is -0.0304. The second-order valence-corrected chi connectivity index (χ2v) is 4.02. The Morgan fingerprint density at radius 3 is 3.13 bits per heavy atom. The third kappa shape index (κ3) is 2.45. The molecule has 1 unspecified atom stereocenters. The molecule has 2 rings (SSSR count). The topological polar surface area (TPSA) is 57.8 Å². The number of nitrogens with zero attached hydrogens (tertiary/aromatic N) is 1. The van der Waals surface area contributed by atoms with Crippen molar-refractivity contribution in [3.8, 4) is 0 Å². The van der Waals surface area contributed by atoms with E-state index in [9.17, 15) is 4.79 Å². The lowest BCUT2D eigenvalue weighted by Crippen LogP contribution is -2.20. The molecule has 1 atom stereocenters. The summed E-state index contributed by atoms with van der Waals surface area (Å²) in [5.74, 6) is 0.814. The fourth-order valence-corrected chi connectivity index (χ4v) is 2.00. The SMILES string of the molecule is CCCc1nc(C2CCCN2)cc(=O)[nH]1. The van der Waals surface area contributed by atoms with Gasteiger partial charge in [0.25, 0.3) is 5.56 Å². The number of aryl methyl sites for hydroxylation is 1. The molecule has 1 aliphatic rings. The molecule has 1 aliphatic heterocycles. The van der Waals surface area contributed by atoms with E-state index in [0.717, 1.165) is 37.3 Å². The summed E-state index contributed by atoms with van der Waals surface area (Å²) in [7, 11) is 0. The first-order chi connectivity index (χ1) is 7.29. The van der Waals surface area contributed by atoms with Crippen LogP contribution < -0.4 is 10.9 Å². The van der Waals surface area contributed by atoms with Gasteiger partial charge in [-0.3, -0.25) is 4.79 Å². The Labute approximate surface area is 89.1 Å². The van der Waals surface area contributed by atoms with Crippen LogP contribution in [0.2, 0.25) is 0 Å². The minimum Gasteiger partial charge on any atom is -0.311 e. The number of hydrogen-bond donors (Lipinski definition) is 2. The van der Waals surface area contributed by atoms with E-state index in [2.05, 4.69) is 22.2 Å². The molecule has 0 aliphatic carbocycles. The van der Waals surface area contributed by atoms with E-state index in [1.165, 1.54) is 6.42 Å². The van der Waals surface area contributed by atoms with Crippen molar-refractivity contribution in [3.05, 3.63) is 27.9 Å². The normalized spacial score (nSPS) is 20.7. The molecule has 0 radical (unpaired) electrons. The van der Waals surface area contributed by atoms with Gasteiger partial charge >= 0.3 is 0 Å². The molecular weight excluding hydrogens is 190 g/mol. The van der Waals surface area contributed by atoms with Crippen molar-refractivity contribution in [2.75, 3.05) is 6.54 Å². The molecule has 1 aromatic rings. The smallest absolute Gasteiger partial charge is 0.251 e. The first kappa shape index (κ1) is 10.4. The average molecular weight is 207 g/mol. The fraction of sp³-hybridized carbons (Fsp3) is 0.636. The Hall–Kier alpha value is -1.16. The second-order valence-electron chi connectivity index (χ2n) is 4.02. The summed E-state index contributed by atoms with van der Waals surface area (Å²) in [6.45, 7) is 3.11. The number of aromatic nitrogens is 2. The molecule has 1 aromatic heterocycles. The maximum atomic E-state index is 11.4. The van der Waals surface area contributed by atoms with Crippen LogP contribution in [0.5, 0.6) is 0 Å². The molecule has 0 spiro atoms. The largest absolute Gasteiger partial charge is 0.311 e. The van der Waals surface area contributed by atoms with E-state index < -0.39 is 0 Å². The number of H-pyrrole nitrogens is 1. The molecule has 0 bridgehead atoms. The van der Waals surface area contributed by atoms with Gasteiger partial charge in [-0.1, -0.05) is 6.92 Å². The zero-order valence-corrected chi connectivity index (χ0v) is 9.05. The van der Waals surface area contributed by atoms with E-state index in [1.807, 2.05) is 0 Å². The summed E-state index contributed by atoms with van der Waals surface area (Å²) in [6.07, 6.45) is 4.10. The second kappa shape index (κ2) is 4.57. The lowest BCUT2D eigenvalue weighted by Gasteiger charge is -2.10. The molecule has 15 heavy (non-hydrogen) atoms. The molecule has 1 saturated heterocycles. The Morgan fingerprint density at radius 1 is 1.60 bits per heavy atom. The summed E-state index contributed by atoms with van der Waals surface area (Å²) < 4.78 is 0. The van der Waals surface area contributed by atoms with Crippen LogP contribution in [0.3, 0.4) is 0 Å². The van der Waals surface area contributed by atoms with Crippen LogP contribution in [-0.2, 0) is 6.42 Å². The molecule has 2 heterocycles. The van der Waals surface area contributed by atoms with Crippen molar-refractivity contribution in [1.29, 1.82) is 0 Å². The van der Waals surface area contributed by atoms with Crippen LogP contribution in [0.15, 0.2) is 10.9 Å². The molecule has 0 saturated carbocycles. The third-order valence-corrected chi connectivity index (χ3v) is 2.71. The van der Waals surface area contributed by atoms with E-state index in [4.69, 9.17) is 0 Å². The molecule has 1 fully saturated rings. The van der Waals surface area contributed by atoms with Gasteiger partial charge in [0.05, 0.1) is 5.69 Å². The van der Waals surface area contributed by atoms with Crippen LogP contribution in [-0.4, -0.2) is 16.5 Å². The molecule has 4 heteroatoms. The van der Waals surface area contributed by atoms with Gasteiger partial charge in [-0.05, 0) is 25.8 Å². The quantitative estimate of drug-likeness (QED) is 0.781. The number of aromatic amines is 1. The van der Waals surface area contributed by atoms with Crippen molar-refractivity contribution >= 4 is 0 Å². The summed E-state index contributed by atoms with van der Waals surface area (Å²) in [4.78, 5) is 18.7. The highest BCUT2D eigenvalue weighted by Gasteiger charge is 2.18. The minimum absolute atomic E-state index is 0.0304. The Balaban J connectivity index is 2.26.